The fraction of sp³-hybridized carbons (Fsp3) is 0.278. The lowest BCUT2D eigenvalue weighted by atomic mass is 9.83. The second kappa shape index (κ2) is 6.07. The number of Topliss-reactive ketones (excluding diaryl/α,β-unsaturated/α-hetero) is 2. The van der Waals surface area contributed by atoms with Gasteiger partial charge in [-0.05, 0) is 24.1 Å². The number of rotatable bonds is 2. The number of fused-ring (bicyclic) bond motifs is 1. The number of aromatic nitrogens is 1. The largest absolute Gasteiger partial charge is 0.506 e. The van der Waals surface area contributed by atoms with E-state index in [9.17, 15) is 23.1 Å². The van der Waals surface area contributed by atoms with Gasteiger partial charge in [0, 0.05) is 36.2 Å². The van der Waals surface area contributed by atoms with Crippen LogP contribution >= 0.6 is 0 Å². The molecule has 0 atom stereocenters. The van der Waals surface area contributed by atoms with E-state index in [1.807, 2.05) is 6.92 Å². The van der Waals surface area contributed by atoms with Crippen LogP contribution < -0.4 is 0 Å². The van der Waals surface area contributed by atoms with Crippen LogP contribution in [0.5, 0.6) is 0 Å². The minimum atomic E-state index is -3.52. The number of carbonyl (C=O) groups is 2. The van der Waals surface area contributed by atoms with Gasteiger partial charge in [-0.15, -0.1) is 0 Å². The number of hydrogen-bond donors (Lipinski definition) is 1. The van der Waals surface area contributed by atoms with Crippen molar-refractivity contribution in [2.24, 2.45) is 5.92 Å². The Balaban J connectivity index is 2.29. The second-order valence-corrected chi connectivity index (χ2v) is 8.35. The number of ketones is 2. The molecule has 1 N–H and O–H groups in total. The molecular weight excluding hydrogens is 342 g/mol. The van der Waals surface area contributed by atoms with Gasteiger partial charge in [-0.3, -0.25) is 14.6 Å². The van der Waals surface area contributed by atoms with Crippen LogP contribution in [0.1, 0.15) is 25.3 Å². The zero-order chi connectivity index (χ0) is 18.4. The Bertz CT molecular complexity index is 1020. The number of aliphatic hydroxyl groups is 1. The smallest absolute Gasteiger partial charge is 0.177 e. The Hall–Kier alpha value is -2.54. The molecule has 0 unspecified atom stereocenters. The van der Waals surface area contributed by atoms with Gasteiger partial charge in [0.2, 0.25) is 0 Å². The first kappa shape index (κ1) is 17.3. The fourth-order valence-corrected chi connectivity index (χ4v) is 3.95. The van der Waals surface area contributed by atoms with E-state index in [1.165, 1.54) is 18.3 Å². The number of nitrogens with zero attached hydrogens (tertiary/aromatic N) is 1. The molecule has 1 aromatic carbocycles. The van der Waals surface area contributed by atoms with Crippen molar-refractivity contribution in [1.29, 1.82) is 0 Å². The van der Waals surface area contributed by atoms with Crippen molar-refractivity contribution in [2.75, 3.05) is 6.26 Å². The summed E-state index contributed by atoms with van der Waals surface area (Å²) in [4.78, 5) is 28.6. The average molecular weight is 359 g/mol. The van der Waals surface area contributed by atoms with E-state index in [4.69, 9.17) is 0 Å². The van der Waals surface area contributed by atoms with Crippen LogP contribution in [0.4, 0.5) is 0 Å². The Morgan fingerprint density at radius 2 is 1.80 bits per heavy atom. The molecule has 0 amide bonds. The third kappa shape index (κ3) is 3.07. The van der Waals surface area contributed by atoms with E-state index in [1.54, 1.807) is 12.1 Å². The topological polar surface area (TPSA) is 101 Å². The van der Waals surface area contributed by atoms with Gasteiger partial charge >= 0.3 is 0 Å². The second-order valence-electron chi connectivity index (χ2n) is 6.37. The van der Waals surface area contributed by atoms with Crippen molar-refractivity contribution >= 4 is 38.1 Å². The summed E-state index contributed by atoms with van der Waals surface area (Å²) in [6.07, 6.45) is 2.92. The zero-order valence-electron chi connectivity index (χ0n) is 13.8. The van der Waals surface area contributed by atoms with Crippen LogP contribution in [-0.2, 0) is 19.4 Å². The van der Waals surface area contributed by atoms with E-state index < -0.39 is 27.2 Å². The van der Waals surface area contributed by atoms with Crippen molar-refractivity contribution in [3.63, 3.8) is 0 Å². The van der Waals surface area contributed by atoms with Crippen molar-refractivity contribution in [1.82, 2.24) is 4.98 Å². The first-order valence-electron chi connectivity index (χ1n) is 7.78. The summed E-state index contributed by atoms with van der Waals surface area (Å²) >= 11 is 0. The van der Waals surface area contributed by atoms with Crippen molar-refractivity contribution in [3.05, 3.63) is 41.6 Å². The van der Waals surface area contributed by atoms with Gasteiger partial charge in [0.15, 0.2) is 21.4 Å². The molecular formula is C18H17NO5S. The monoisotopic (exact) mass is 359 g/mol. The Labute approximate surface area is 145 Å². The Kier molecular flexibility index (Phi) is 4.20. The Morgan fingerprint density at radius 3 is 2.40 bits per heavy atom. The van der Waals surface area contributed by atoms with Crippen LogP contribution in [-0.4, -0.2) is 36.3 Å². The first-order chi connectivity index (χ1) is 11.7. The van der Waals surface area contributed by atoms with Gasteiger partial charge in [-0.2, -0.15) is 0 Å². The van der Waals surface area contributed by atoms with E-state index >= 15 is 0 Å². The van der Waals surface area contributed by atoms with E-state index in [-0.39, 0.29) is 40.3 Å². The average Bonchev–Trinajstić information content (AvgIpc) is 2.51. The summed E-state index contributed by atoms with van der Waals surface area (Å²) in [5.41, 5.74) is 0.204. The summed E-state index contributed by atoms with van der Waals surface area (Å²) in [7, 11) is -3.52. The van der Waals surface area contributed by atoms with E-state index in [0.29, 0.717) is 5.39 Å². The molecule has 25 heavy (non-hydrogen) atoms. The van der Waals surface area contributed by atoms with Crippen LogP contribution in [0.2, 0.25) is 0 Å². The molecule has 0 aliphatic heterocycles. The lowest BCUT2D eigenvalue weighted by molar-refractivity contribution is -0.125. The highest BCUT2D eigenvalue weighted by Crippen LogP contribution is 2.32. The standard InChI is InChI=1S/C18H17NO5S/c1-10-8-13(20)16(14(21)9-10)18(22)12-5-6-15(25(2,23)24)17-11(12)4-3-7-19-17/h3-7,10,22H,8-9H2,1-2H3. The predicted octanol–water partition coefficient (Wildman–Crippen LogP) is 2.48. The highest BCUT2D eigenvalue weighted by molar-refractivity contribution is 7.91. The maximum Gasteiger partial charge on any atom is 0.177 e. The van der Waals surface area contributed by atoms with Gasteiger partial charge in [-0.25, -0.2) is 8.42 Å². The summed E-state index contributed by atoms with van der Waals surface area (Å²) in [6.45, 7) is 1.81. The minimum Gasteiger partial charge on any atom is -0.506 e. The lowest BCUT2D eigenvalue weighted by Gasteiger charge is -2.19. The molecule has 3 rings (SSSR count). The first-order valence-corrected chi connectivity index (χ1v) is 9.67. The van der Waals surface area contributed by atoms with Crippen molar-refractivity contribution < 1.29 is 23.1 Å². The highest BCUT2D eigenvalue weighted by atomic mass is 32.2. The maximum absolute atomic E-state index is 12.2. The summed E-state index contributed by atoms with van der Waals surface area (Å²) in [6, 6.07) is 5.93. The van der Waals surface area contributed by atoms with Gasteiger partial charge in [0.1, 0.15) is 11.3 Å². The number of carbonyl (C=O) groups excluding carboxylic acids is 2. The number of pyridine rings is 1. The van der Waals surface area contributed by atoms with Crippen LogP contribution in [0.15, 0.2) is 40.9 Å². The molecule has 1 fully saturated rings. The number of allylic oxidation sites excluding steroid dienone is 1. The molecule has 0 bridgehead atoms. The number of hydrogen-bond acceptors (Lipinski definition) is 6. The number of aliphatic hydroxyl groups excluding tert-OH is 1. The molecule has 130 valence electrons. The molecule has 2 aromatic rings. The molecule has 6 nitrogen and oxygen atoms in total. The van der Waals surface area contributed by atoms with Crippen LogP contribution in [0, 0.1) is 5.92 Å². The SMILES string of the molecule is CC1CC(=O)C(=C(O)c2ccc(S(C)(=O)=O)c3ncccc23)C(=O)C1. The summed E-state index contributed by atoms with van der Waals surface area (Å²) < 4.78 is 23.9. The molecule has 1 saturated carbocycles. The number of sulfone groups is 1. The minimum absolute atomic E-state index is 0.0274. The molecule has 0 spiro atoms. The molecule has 1 aromatic heterocycles. The molecule has 1 aliphatic carbocycles. The molecule has 0 radical (unpaired) electrons. The van der Waals surface area contributed by atoms with Crippen LogP contribution in [0.25, 0.3) is 16.7 Å². The lowest BCUT2D eigenvalue weighted by Crippen LogP contribution is -2.25. The molecule has 7 heteroatoms. The predicted molar refractivity (Wildman–Crippen MR) is 92.8 cm³/mol. The van der Waals surface area contributed by atoms with Crippen molar-refractivity contribution in [3.8, 4) is 0 Å². The van der Waals surface area contributed by atoms with Crippen LogP contribution in [0.3, 0.4) is 0 Å². The number of benzene rings is 1. The van der Waals surface area contributed by atoms with Crippen molar-refractivity contribution in [2.45, 2.75) is 24.7 Å². The molecule has 1 aliphatic rings. The van der Waals surface area contributed by atoms with Gasteiger partial charge in [-0.1, -0.05) is 13.0 Å². The third-order valence-corrected chi connectivity index (χ3v) is 5.38. The van der Waals surface area contributed by atoms with E-state index in [0.717, 1.165) is 6.26 Å². The van der Waals surface area contributed by atoms with Gasteiger partial charge in [0.25, 0.3) is 0 Å². The highest BCUT2D eigenvalue weighted by Gasteiger charge is 2.32. The zero-order valence-corrected chi connectivity index (χ0v) is 14.6. The fourth-order valence-electron chi connectivity index (χ4n) is 3.12. The molecule has 0 saturated heterocycles. The Morgan fingerprint density at radius 1 is 1.16 bits per heavy atom. The summed E-state index contributed by atoms with van der Waals surface area (Å²) in [5.74, 6) is -1.27. The summed E-state index contributed by atoms with van der Waals surface area (Å²) in [5, 5.41) is 11.0. The normalized spacial score (nSPS) is 18.6. The van der Waals surface area contributed by atoms with E-state index in [2.05, 4.69) is 4.98 Å². The third-order valence-electron chi connectivity index (χ3n) is 4.25. The van der Waals surface area contributed by atoms with Gasteiger partial charge < -0.3 is 5.11 Å². The van der Waals surface area contributed by atoms with Gasteiger partial charge in [0.05, 0.1) is 10.4 Å². The maximum atomic E-state index is 12.2. The quantitative estimate of drug-likeness (QED) is 0.502. The molecule has 1 heterocycles.